The number of benzene rings is 1. The van der Waals surface area contributed by atoms with E-state index in [2.05, 4.69) is 0 Å². The van der Waals surface area contributed by atoms with Gasteiger partial charge in [0.05, 0.1) is 7.11 Å². The molecular formula is C18H18F3NO4. The van der Waals surface area contributed by atoms with E-state index in [9.17, 15) is 22.8 Å². The lowest BCUT2D eigenvalue weighted by Gasteiger charge is -2.44. The Labute approximate surface area is 148 Å². The minimum absolute atomic E-state index is 0.0650. The zero-order chi connectivity index (χ0) is 19.3. The van der Waals surface area contributed by atoms with Gasteiger partial charge in [0.15, 0.2) is 5.78 Å². The number of rotatable bonds is 2. The van der Waals surface area contributed by atoms with Gasteiger partial charge < -0.3 is 14.8 Å². The SMILES string of the molecule is COc1ccc([C@]2(C(F)(F)F)NC(=O)C3=C(CC(C)(C)CC3=O)O2)cc1. The lowest BCUT2D eigenvalue weighted by Crippen LogP contribution is -2.61. The molecule has 0 fully saturated rings. The van der Waals surface area contributed by atoms with E-state index in [0.717, 1.165) is 0 Å². The fourth-order valence-electron chi connectivity index (χ4n) is 3.29. The Bertz CT molecular complexity index is 796. The largest absolute Gasteiger partial charge is 0.497 e. The van der Waals surface area contributed by atoms with E-state index in [4.69, 9.17) is 9.47 Å². The van der Waals surface area contributed by atoms with Crippen LogP contribution < -0.4 is 10.1 Å². The molecular weight excluding hydrogens is 351 g/mol. The number of amides is 1. The van der Waals surface area contributed by atoms with Gasteiger partial charge in [-0.25, -0.2) is 0 Å². The number of alkyl halides is 3. The third kappa shape index (κ3) is 2.83. The number of ether oxygens (including phenoxy) is 2. The van der Waals surface area contributed by atoms with Crippen molar-refractivity contribution < 1.29 is 32.2 Å². The van der Waals surface area contributed by atoms with E-state index in [0.29, 0.717) is 5.75 Å². The standard InChI is InChI=1S/C18H18F3NO4/c1-16(2)8-12(23)14-13(9-16)26-17(18(19,20)21,22-15(14)24)10-4-6-11(25-3)7-5-10/h4-7H,8-9H2,1-3H3,(H,22,24)/t17-/m0/s1. The molecule has 1 aromatic carbocycles. The lowest BCUT2D eigenvalue weighted by atomic mass is 9.75. The zero-order valence-corrected chi connectivity index (χ0v) is 14.5. The molecule has 8 heteroatoms. The second-order valence-corrected chi connectivity index (χ2v) is 7.20. The van der Waals surface area contributed by atoms with E-state index in [1.54, 1.807) is 13.8 Å². The predicted octanol–water partition coefficient (Wildman–Crippen LogP) is 3.20. The monoisotopic (exact) mass is 369 g/mol. The number of allylic oxidation sites excluding steroid dienone is 1. The lowest BCUT2D eigenvalue weighted by molar-refractivity contribution is -0.288. The van der Waals surface area contributed by atoms with Crippen molar-refractivity contribution in [2.45, 2.75) is 38.6 Å². The first kappa shape index (κ1) is 18.3. The topological polar surface area (TPSA) is 64.6 Å². The minimum Gasteiger partial charge on any atom is -0.497 e. The van der Waals surface area contributed by atoms with Gasteiger partial charge in [0, 0.05) is 18.4 Å². The molecule has 1 amide bonds. The predicted molar refractivity (Wildman–Crippen MR) is 85.0 cm³/mol. The summed E-state index contributed by atoms with van der Waals surface area (Å²) in [7, 11) is 1.39. The fraction of sp³-hybridized carbons (Fsp3) is 0.444. The molecule has 1 heterocycles. The number of carbonyl (C=O) groups is 2. The van der Waals surface area contributed by atoms with Crippen LogP contribution in [0.2, 0.25) is 0 Å². The summed E-state index contributed by atoms with van der Waals surface area (Å²) in [5.41, 5.74) is -4.27. The van der Waals surface area contributed by atoms with Crippen LogP contribution in [0, 0.1) is 5.41 Å². The Morgan fingerprint density at radius 2 is 1.73 bits per heavy atom. The molecule has 0 saturated heterocycles. The smallest absolute Gasteiger partial charge is 0.453 e. The fourth-order valence-corrected chi connectivity index (χ4v) is 3.29. The first-order chi connectivity index (χ1) is 12.0. The third-order valence-electron chi connectivity index (χ3n) is 4.52. The van der Waals surface area contributed by atoms with Crippen LogP contribution in [-0.2, 0) is 20.1 Å². The van der Waals surface area contributed by atoms with Crippen LogP contribution in [0.4, 0.5) is 13.2 Å². The molecule has 1 aromatic rings. The molecule has 2 aliphatic rings. The number of methoxy groups -OCH3 is 1. The van der Waals surface area contributed by atoms with E-state index >= 15 is 0 Å². The molecule has 0 saturated carbocycles. The van der Waals surface area contributed by atoms with Crippen molar-refractivity contribution in [3.63, 3.8) is 0 Å². The van der Waals surface area contributed by atoms with Crippen molar-refractivity contribution in [2.24, 2.45) is 5.41 Å². The highest BCUT2D eigenvalue weighted by Crippen LogP contribution is 2.48. The van der Waals surface area contributed by atoms with Crippen LogP contribution in [0.5, 0.6) is 5.75 Å². The van der Waals surface area contributed by atoms with Gasteiger partial charge in [0.2, 0.25) is 0 Å². The molecule has 0 unspecified atom stereocenters. The highest BCUT2D eigenvalue weighted by atomic mass is 19.4. The van der Waals surface area contributed by atoms with Crippen LogP contribution in [-0.4, -0.2) is 25.0 Å². The quantitative estimate of drug-likeness (QED) is 0.813. The van der Waals surface area contributed by atoms with Crippen molar-refractivity contribution in [1.82, 2.24) is 5.32 Å². The van der Waals surface area contributed by atoms with Gasteiger partial charge in [-0.15, -0.1) is 0 Å². The molecule has 0 aromatic heterocycles. The van der Waals surface area contributed by atoms with Gasteiger partial charge in [-0.3, -0.25) is 9.59 Å². The second kappa shape index (κ2) is 5.75. The van der Waals surface area contributed by atoms with E-state index in [1.807, 2.05) is 5.32 Å². The molecule has 1 aliphatic heterocycles. The summed E-state index contributed by atoms with van der Waals surface area (Å²) in [6.07, 6.45) is -4.81. The Morgan fingerprint density at radius 1 is 1.12 bits per heavy atom. The summed E-state index contributed by atoms with van der Waals surface area (Å²) in [4.78, 5) is 24.7. The Balaban J connectivity index is 2.13. The van der Waals surface area contributed by atoms with E-state index < -0.39 is 29.0 Å². The maximum Gasteiger partial charge on any atom is 0.453 e. The second-order valence-electron chi connectivity index (χ2n) is 7.20. The molecule has 3 rings (SSSR count). The number of hydrogen-bond donors (Lipinski definition) is 1. The average molecular weight is 369 g/mol. The summed E-state index contributed by atoms with van der Waals surface area (Å²) < 4.78 is 52.3. The number of carbonyl (C=O) groups excluding carboxylic acids is 2. The number of halogens is 3. The summed E-state index contributed by atoms with van der Waals surface area (Å²) >= 11 is 0. The molecule has 0 radical (unpaired) electrons. The third-order valence-corrected chi connectivity index (χ3v) is 4.52. The summed E-state index contributed by atoms with van der Waals surface area (Å²) in [5.74, 6) is -1.44. The molecule has 1 atom stereocenters. The van der Waals surface area contributed by atoms with Crippen LogP contribution in [0.25, 0.3) is 0 Å². The molecule has 1 N–H and O–H groups in total. The van der Waals surface area contributed by atoms with Gasteiger partial charge in [0.25, 0.3) is 5.91 Å². The first-order valence-electron chi connectivity index (χ1n) is 7.98. The van der Waals surface area contributed by atoms with Gasteiger partial charge >= 0.3 is 11.9 Å². The molecule has 26 heavy (non-hydrogen) atoms. The van der Waals surface area contributed by atoms with Gasteiger partial charge in [-0.1, -0.05) is 13.8 Å². The van der Waals surface area contributed by atoms with E-state index in [1.165, 1.54) is 31.4 Å². The average Bonchev–Trinajstić information content (AvgIpc) is 2.51. The maximum absolute atomic E-state index is 14.0. The van der Waals surface area contributed by atoms with E-state index in [-0.39, 0.29) is 29.7 Å². The van der Waals surface area contributed by atoms with Crippen molar-refractivity contribution in [1.29, 1.82) is 0 Å². The normalized spacial score (nSPS) is 25.3. The first-order valence-corrected chi connectivity index (χ1v) is 7.98. The highest BCUT2D eigenvalue weighted by Gasteiger charge is 2.63. The number of ketones is 1. The molecule has 1 aliphatic carbocycles. The Morgan fingerprint density at radius 3 is 2.27 bits per heavy atom. The van der Waals surface area contributed by atoms with Gasteiger partial charge in [0.1, 0.15) is 17.1 Å². The van der Waals surface area contributed by atoms with Crippen molar-refractivity contribution in [2.75, 3.05) is 7.11 Å². The molecule has 0 bridgehead atoms. The maximum atomic E-state index is 14.0. The number of nitrogens with one attached hydrogen (secondary N) is 1. The Kier molecular flexibility index (Phi) is 4.05. The van der Waals surface area contributed by atoms with Crippen molar-refractivity contribution in [3.05, 3.63) is 41.2 Å². The zero-order valence-electron chi connectivity index (χ0n) is 14.5. The van der Waals surface area contributed by atoms with Crippen LogP contribution in [0.15, 0.2) is 35.6 Å². The molecule has 140 valence electrons. The molecule has 0 spiro atoms. The van der Waals surface area contributed by atoms with Crippen LogP contribution in [0.1, 0.15) is 32.3 Å². The number of Topliss-reactive ketones (excluding diaryl/α,β-unsaturated/α-hetero) is 1. The number of hydrogen-bond acceptors (Lipinski definition) is 4. The van der Waals surface area contributed by atoms with Crippen LogP contribution >= 0.6 is 0 Å². The van der Waals surface area contributed by atoms with Crippen molar-refractivity contribution in [3.8, 4) is 5.75 Å². The van der Waals surface area contributed by atoms with Crippen molar-refractivity contribution >= 4 is 11.7 Å². The Hall–Kier alpha value is -2.51. The van der Waals surface area contributed by atoms with Gasteiger partial charge in [-0.2, -0.15) is 13.2 Å². The minimum atomic E-state index is -4.94. The summed E-state index contributed by atoms with van der Waals surface area (Å²) in [6, 6.07) is 5.04. The van der Waals surface area contributed by atoms with Crippen LogP contribution in [0.3, 0.4) is 0 Å². The van der Waals surface area contributed by atoms with Gasteiger partial charge in [-0.05, 0) is 29.7 Å². The summed E-state index contributed by atoms with van der Waals surface area (Å²) in [5, 5.41) is 1.87. The summed E-state index contributed by atoms with van der Waals surface area (Å²) in [6.45, 7) is 3.49. The highest BCUT2D eigenvalue weighted by molar-refractivity contribution is 6.20. The molecule has 5 nitrogen and oxygen atoms in total.